The molecule has 2 aromatic carbocycles. The quantitative estimate of drug-likeness (QED) is 0.638. The first-order valence-corrected chi connectivity index (χ1v) is 7.08. The number of carbonyl (C=O) groups excluding carboxylic acids is 1. The molecule has 1 atom stereocenters. The highest BCUT2D eigenvalue weighted by molar-refractivity contribution is 6.00. The SMILES string of the molecule is C[C@H]1Oc2c(cc(F)c([N+](=O)[O-])c2F)N(Cc2ccccc2)C1=O. The number of fused-ring (bicyclic) bond motifs is 1. The van der Waals surface area contributed by atoms with Crippen molar-refractivity contribution in [2.75, 3.05) is 4.90 Å². The average molecular weight is 334 g/mol. The third-order valence-corrected chi connectivity index (χ3v) is 3.69. The molecule has 1 amide bonds. The van der Waals surface area contributed by atoms with Crippen LogP contribution in [0.1, 0.15) is 12.5 Å². The Morgan fingerprint density at radius 2 is 1.96 bits per heavy atom. The van der Waals surface area contributed by atoms with Gasteiger partial charge in [-0.05, 0) is 12.5 Å². The zero-order valence-electron chi connectivity index (χ0n) is 12.5. The lowest BCUT2D eigenvalue weighted by molar-refractivity contribution is -0.390. The smallest absolute Gasteiger partial charge is 0.344 e. The van der Waals surface area contributed by atoms with Gasteiger partial charge < -0.3 is 9.64 Å². The number of anilines is 1. The number of nitro benzene ring substituents is 1. The van der Waals surface area contributed by atoms with E-state index in [9.17, 15) is 23.7 Å². The topological polar surface area (TPSA) is 72.7 Å². The Bertz CT molecular complexity index is 827. The first-order valence-electron chi connectivity index (χ1n) is 7.08. The number of carbonyl (C=O) groups is 1. The summed E-state index contributed by atoms with van der Waals surface area (Å²) in [4.78, 5) is 23.2. The third-order valence-electron chi connectivity index (χ3n) is 3.69. The summed E-state index contributed by atoms with van der Waals surface area (Å²) in [7, 11) is 0. The van der Waals surface area contributed by atoms with Crippen molar-refractivity contribution in [1.29, 1.82) is 0 Å². The van der Waals surface area contributed by atoms with E-state index < -0.39 is 40.0 Å². The molecule has 0 fully saturated rings. The molecule has 0 aliphatic carbocycles. The Morgan fingerprint density at radius 3 is 2.58 bits per heavy atom. The summed E-state index contributed by atoms with van der Waals surface area (Å²) < 4.78 is 33.4. The summed E-state index contributed by atoms with van der Waals surface area (Å²) in [5.74, 6) is -3.77. The van der Waals surface area contributed by atoms with Crippen LogP contribution in [0, 0.1) is 21.7 Å². The van der Waals surface area contributed by atoms with Gasteiger partial charge in [0.15, 0.2) is 11.9 Å². The molecule has 0 saturated heterocycles. The Labute approximate surface area is 135 Å². The van der Waals surface area contributed by atoms with E-state index in [0.29, 0.717) is 0 Å². The summed E-state index contributed by atoms with van der Waals surface area (Å²) in [5, 5.41) is 10.8. The van der Waals surface area contributed by atoms with E-state index >= 15 is 0 Å². The monoisotopic (exact) mass is 334 g/mol. The Hall–Kier alpha value is -3.03. The molecule has 2 aromatic rings. The lowest BCUT2D eigenvalue weighted by atomic mass is 10.1. The van der Waals surface area contributed by atoms with Gasteiger partial charge >= 0.3 is 5.69 Å². The lowest BCUT2D eigenvalue weighted by Gasteiger charge is -2.33. The van der Waals surface area contributed by atoms with Crippen LogP contribution in [0.3, 0.4) is 0 Å². The van der Waals surface area contributed by atoms with Crippen LogP contribution in [0.25, 0.3) is 0 Å². The van der Waals surface area contributed by atoms with Crippen LogP contribution in [-0.2, 0) is 11.3 Å². The predicted octanol–water partition coefficient (Wildman–Crippen LogP) is 3.19. The molecule has 6 nitrogen and oxygen atoms in total. The van der Waals surface area contributed by atoms with Gasteiger partial charge in [-0.25, -0.2) is 0 Å². The van der Waals surface area contributed by atoms with Gasteiger partial charge in [0.1, 0.15) is 0 Å². The van der Waals surface area contributed by atoms with Gasteiger partial charge in [0.2, 0.25) is 11.6 Å². The highest BCUT2D eigenvalue weighted by Gasteiger charge is 2.38. The van der Waals surface area contributed by atoms with Crippen molar-refractivity contribution in [3.8, 4) is 5.75 Å². The molecule has 1 aliphatic heterocycles. The summed E-state index contributed by atoms with van der Waals surface area (Å²) >= 11 is 0. The summed E-state index contributed by atoms with van der Waals surface area (Å²) in [6.45, 7) is 1.47. The Balaban J connectivity index is 2.13. The maximum atomic E-state index is 14.3. The van der Waals surface area contributed by atoms with Gasteiger partial charge in [0.25, 0.3) is 5.91 Å². The number of amides is 1. The fraction of sp³-hybridized carbons (Fsp3) is 0.188. The molecule has 0 N–H and O–H groups in total. The number of benzene rings is 2. The predicted molar refractivity (Wildman–Crippen MR) is 80.7 cm³/mol. The molecule has 1 heterocycles. The maximum Gasteiger partial charge on any atom is 0.344 e. The second-order valence-electron chi connectivity index (χ2n) is 5.30. The molecule has 1 aliphatic rings. The molecule has 124 valence electrons. The molecule has 0 saturated carbocycles. The molecule has 0 aromatic heterocycles. The molecular formula is C16H12F2N2O4. The van der Waals surface area contributed by atoms with E-state index in [-0.39, 0.29) is 12.2 Å². The number of hydrogen-bond donors (Lipinski definition) is 0. The molecule has 3 rings (SSSR count). The minimum Gasteiger partial charge on any atom is -0.475 e. The normalized spacial score (nSPS) is 16.5. The fourth-order valence-corrected chi connectivity index (χ4v) is 2.55. The van der Waals surface area contributed by atoms with Gasteiger partial charge in [-0.15, -0.1) is 0 Å². The van der Waals surface area contributed by atoms with E-state index in [1.165, 1.54) is 6.92 Å². The number of halogens is 2. The van der Waals surface area contributed by atoms with Crippen molar-refractivity contribution in [3.63, 3.8) is 0 Å². The highest BCUT2D eigenvalue weighted by atomic mass is 19.1. The van der Waals surface area contributed by atoms with Crippen LogP contribution in [0.15, 0.2) is 36.4 Å². The van der Waals surface area contributed by atoms with Crippen LogP contribution in [-0.4, -0.2) is 16.9 Å². The number of hydrogen-bond acceptors (Lipinski definition) is 4. The molecule has 24 heavy (non-hydrogen) atoms. The van der Waals surface area contributed by atoms with Crippen molar-refractivity contribution in [2.45, 2.75) is 19.6 Å². The Kier molecular flexibility index (Phi) is 3.88. The van der Waals surface area contributed by atoms with Crippen LogP contribution < -0.4 is 9.64 Å². The van der Waals surface area contributed by atoms with Crippen LogP contribution in [0.5, 0.6) is 5.75 Å². The standard InChI is InChI=1S/C16H12F2N2O4/c1-9-16(21)19(8-10-5-3-2-4-6-10)12-7-11(17)14(20(22)23)13(18)15(12)24-9/h2-7,9H,8H2,1H3/t9-/m1/s1. The first-order chi connectivity index (χ1) is 11.4. The molecule has 8 heteroatoms. The van der Waals surface area contributed by atoms with E-state index in [2.05, 4.69) is 0 Å². The first kappa shape index (κ1) is 15.9. The molecular weight excluding hydrogens is 322 g/mol. The minimum absolute atomic E-state index is 0.0665. The van der Waals surface area contributed by atoms with E-state index in [4.69, 9.17) is 4.74 Å². The highest BCUT2D eigenvalue weighted by Crippen LogP contribution is 2.42. The number of nitro groups is 1. The van der Waals surface area contributed by atoms with E-state index in [1.54, 1.807) is 30.3 Å². The third kappa shape index (κ3) is 2.55. The van der Waals surface area contributed by atoms with Gasteiger partial charge in [-0.1, -0.05) is 30.3 Å². The van der Waals surface area contributed by atoms with Crippen molar-refractivity contribution in [1.82, 2.24) is 0 Å². The lowest BCUT2D eigenvalue weighted by Crippen LogP contribution is -2.44. The van der Waals surface area contributed by atoms with Gasteiger partial charge in [0.05, 0.1) is 17.2 Å². The summed E-state index contributed by atoms with van der Waals surface area (Å²) in [5.41, 5.74) is -0.720. The minimum atomic E-state index is -1.42. The second kappa shape index (κ2) is 5.88. The molecule has 0 radical (unpaired) electrons. The second-order valence-corrected chi connectivity index (χ2v) is 5.30. The molecule has 0 bridgehead atoms. The Morgan fingerprint density at radius 1 is 1.29 bits per heavy atom. The maximum absolute atomic E-state index is 14.3. The van der Waals surface area contributed by atoms with Crippen molar-refractivity contribution in [3.05, 3.63) is 63.7 Å². The zero-order valence-corrected chi connectivity index (χ0v) is 12.5. The van der Waals surface area contributed by atoms with E-state index in [1.807, 2.05) is 0 Å². The van der Waals surface area contributed by atoms with Crippen LogP contribution in [0.2, 0.25) is 0 Å². The zero-order chi connectivity index (χ0) is 17.4. The summed E-state index contributed by atoms with van der Waals surface area (Å²) in [6, 6.07) is 9.59. The van der Waals surface area contributed by atoms with Crippen molar-refractivity contribution >= 4 is 17.3 Å². The van der Waals surface area contributed by atoms with Gasteiger partial charge in [-0.2, -0.15) is 8.78 Å². The van der Waals surface area contributed by atoms with Gasteiger partial charge in [0, 0.05) is 6.07 Å². The van der Waals surface area contributed by atoms with Crippen LogP contribution >= 0.6 is 0 Å². The number of rotatable bonds is 3. The van der Waals surface area contributed by atoms with Crippen LogP contribution in [0.4, 0.5) is 20.2 Å². The van der Waals surface area contributed by atoms with E-state index in [0.717, 1.165) is 16.5 Å². The largest absolute Gasteiger partial charge is 0.475 e. The molecule has 0 unspecified atom stereocenters. The van der Waals surface area contributed by atoms with Gasteiger partial charge in [-0.3, -0.25) is 14.9 Å². The average Bonchev–Trinajstić information content (AvgIpc) is 2.54. The number of nitrogens with zero attached hydrogens (tertiary/aromatic N) is 2. The molecule has 0 spiro atoms. The fourth-order valence-electron chi connectivity index (χ4n) is 2.55. The number of ether oxygens (including phenoxy) is 1. The summed E-state index contributed by atoms with van der Waals surface area (Å²) in [6.07, 6.45) is -1.04. The van der Waals surface area contributed by atoms with Crippen molar-refractivity contribution in [2.24, 2.45) is 0 Å². The van der Waals surface area contributed by atoms with Crippen molar-refractivity contribution < 1.29 is 23.2 Å².